The number of nitrogens with zero attached hydrogens (tertiary/aromatic N) is 1. The average molecular weight is 159 g/mol. The molecule has 0 saturated carbocycles. The Bertz CT molecular complexity index is 112. The van der Waals surface area contributed by atoms with Crippen LogP contribution in [0.4, 0.5) is 4.79 Å². The summed E-state index contributed by atoms with van der Waals surface area (Å²) in [6.45, 7) is 7.71. The number of likely N-dealkylation sites (N-methyl/N-ethyl adjacent to an activating group) is 1. The van der Waals surface area contributed by atoms with E-state index in [1.807, 2.05) is 0 Å². The number of hydrogen-bond acceptors (Lipinski definition) is 2. The van der Waals surface area contributed by atoms with Gasteiger partial charge in [-0.25, -0.2) is 4.79 Å². The molecule has 3 N–H and O–H groups in total. The van der Waals surface area contributed by atoms with Gasteiger partial charge in [0.1, 0.15) is 0 Å². The number of rotatable bonds is 5. The number of nitrogens with one attached hydrogen (secondary N) is 1. The number of carbonyl (C=O) groups is 1. The van der Waals surface area contributed by atoms with E-state index < -0.39 is 6.03 Å². The van der Waals surface area contributed by atoms with E-state index in [1.165, 1.54) is 0 Å². The molecule has 0 unspecified atom stereocenters. The topological polar surface area (TPSA) is 58.4 Å². The van der Waals surface area contributed by atoms with Crippen LogP contribution in [0.5, 0.6) is 0 Å². The summed E-state index contributed by atoms with van der Waals surface area (Å²) in [5.41, 5.74) is 4.89. The van der Waals surface area contributed by atoms with Crippen molar-refractivity contribution >= 4 is 6.03 Å². The van der Waals surface area contributed by atoms with Crippen molar-refractivity contribution in [1.29, 1.82) is 0 Å². The van der Waals surface area contributed by atoms with E-state index in [9.17, 15) is 4.79 Å². The van der Waals surface area contributed by atoms with Gasteiger partial charge in [0.2, 0.25) is 0 Å². The van der Waals surface area contributed by atoms with Crippen molar-refractivity contribution < 1.29 is 4.79 Å². The lowest BCUT2D eigenvalue weighted by Gasteiger charge is -2.17. The van der Waals surface area contributed by atoms with Crippen LogP contribution in [0.15, 0.2) is 0 Å². The molecule has 0 rings (SSSR count). The van der Waals surface area contributed by atoms with Gasteiger partial charge in [0.25, 0.3) is 0 Å². The van der Waals surface area contributed by atoms with E-state index in [4.69, 9.17) is 5.73 Å². The Hall–Kier alpha value is -0.770. The number of primary amides is 1. The van der Waals surface area contributed by atoms with Gasteiger partial charge in [0.15, 0.2) is 0 Å². The molecule has 0 radical (unpaired) electrons. The fourth-order valence-electron chi connectivity index (χ4n) is 0.877. The predicted molar refractivity (Wildman–Crippen MR) is 45.4 cm³/mol. The molecule has 11 heavy (non-hydrogen) atoms. The molecule has 0 bridgehead atoms. The molecular weight excluding hydrogens is 142 g/mol. The number of urea groups is 1. The van der Waals surface area contributed by atoms with Crippen molar-refractivity contribution in [2.45, 2.75) is 13.8 Å². The molecular formula is C7H17N3O. The second-order valence-electron chi connectivity index (χ2n) is 2.32. The molecule has 2 amide bonds. The summed E-state index contributed by atoms with van der Waals surface area (Å²) in [4.78, 5) is 12.5. The summed E-state index contributed by atoms with van der Waals surface area (Å²) in [7, 11) is 0. The smallest absolute Gasteiger partial charge is 0.312 e. The lowest BCUT2D eigenvalue weighted by atomic mass is 10.5. The lowest BCUT2D eigenvalue weighted by molar-refractivity contribution is 0.244. The highest BCUT2D eigenvalue weighted by Crippen LogP contribution is 1.83. The molecule has 0 spiro atoms. The van der Waals surface area contributed by atoms with Gasteiger partial charge in [-0.3, -0.25) is 0 Å². The SMILES string of the molecule is CCN(CC)CCNC(N)=O. The third-order valence-corrected chi connectivity index (χ3v) is 1.62. The van der Waals surface area contributed by atoms with Crippen molar-refractivity contribution in [1.82, 2.24) is 10.2 Å². The Morgan fingerprint density at radius 3 is 2.36 bits per heavy atom. The first-order valence-corrected chi connectivity index (χ1v) is 3.96. The maximum atomic E-state index is 10.3. The van der Waals surface area contributed by atoms with Crippen molar-refractivity contribution in [3.05, 3.63) is 0 Å². The highest BCUT2D eigenvalue weighted by atomic mass is 16.2. The maximum absolute atomic E-state index is 10.3. The third kappa shape index (κ3) is 5.66. The first-order valence-electron chi connectivity index (χ1n) is 3.96. The summed E-state index contributed by atoms with van der Waals surface area (Å²) in [5.74, 6) is 0. The molecule has 0 aromatic heterocycles. The third-order valence-electron chi connectivity index (χ3n) is 1.62. The minimum Gasteiger partial charge on any atom is -0.352 e. The molecule has 0 aromatic rings. The summed E-state index contributed by atoms with van der Waals surface area (Å²) in [6, 6.07) is -0.447. The fourth-order valence-corrected chi connectivity index (χ4v) is 0.877. The number of carbonyl (C=O) groups excluding carboxylic acids is 1. The predicted octanol–water partition coefficient (Wildman–Crippen LogP) is -0.00350. The molecule has 0 aliphatic heterocycles. The van der Waals surface area contributed by atoms with E-state index in [2.05, 4.69) is 24.1 Å². The van der Waals surface area contributed by atoms with E-state index in [0.717, 1.165) is 19.6 Å². The van der Waals surface area contributed by atoms with Gasteiger partial charge >= 0.3 is 6.03 Å². The lowest BCUT2D eigenvalue weighted by Crippen LogP contribution is -2.37. The van der Waals surface area contributed by atoms with E-state index in [-0.39, 0.29) is 0 Å². The van der Waals surface area contributed by atoms with Gasteiger partial charge in [-0.15, -0.1) is 0 Å². The first-order chi connectivity index (χ1) is 5.20. The second kappa shape index (κ2) is 5.97. The van der Waals surface area contributed by atoms with Crippen molar-refractivity contribution in [3.63, 3.8) is 0 Å². The molecule has 0 aliphatic carbocycles. The highest BCUT2D eigenvalue weighted by molar-refractivity contribution is 5.71. The zero-order valence-corrected chi connectivity index (χ0v) is 7.26. The molecule has 0 aliphatic rings. The second-order valence-corrected chi connectivity index (χ2v) is 2.32. The van der Waals surface area contributed by atoms with Crippen LogP contribution in [-0.2, 0) is 0 Å². The van der Waals surface area contributed by atoms with Gasteiger partial charge in [-0.2, -0.15) is 0 Å². The summed E-state index contributed by atoms with van der Waals surface area (Å²) in [5, 5.41) is 2.54. The molecule has 66 valence electrons. The molecule has 4 heteroatoms. The average Bonchev–Trinajstić information content (AvgIpc) is 1.98. The Morgan fingerprint density at radius 1 is 1.45 bits per heavy atom. The van der Waals surface area contributed by atoms with E-state index >= 15 is 0 Å². The van der Waals surface area contributed by atoms with Crippen LogP contribution in [-0.4, -0.2) is 37.1 Å². The van der Waals surface area contributed by atoms with Crippen LogP contribution in [0.25, 0.3) is 0 Å². The van der Waals surface area contributed by atoms with Crippen LogP contribution in [0.3, 0.4) is 0 Å². The van der Waals surface area contributed by atoms with Crippen LogP contribution in [0.1, 0.15) is 13.8 Å². The highest BCUT2D eigenvalue weighted by Gasteiger charge is 1.97. The summed E-state index contributed by atoms with van der Waals surface area (Å²) in [6.07, 6.45) is 0. The molecule has 0 fully saturated rings. The fraction of sp³-hybridized carbons (Fsp3) is 0.857. The molecule has 0 heterocycles. The van der Waals surface area contributed by atoms with Gasteiger partial charge in [-0.05, 0) is 13.1 Å². The van der Waals surface area contributed by atoms with E-state index in [0.29, 0.717) is 6.54 Å². The summed E-state index contributed by atoms with van der Waals surface area (Å²) < 4.78 is 0. The molecule has 0 atom stereocenters. The van der Waals surface area contributed by atoms with Gasteiger partial charge in [0, 0.05) is 13.1 Å². The zero-order valence-electron chi connectivity index (χ0n) is 7.26. The molecule has 0 saturated heterocycles. The largest absolute Gasteiger partial charge is 0.352 e. The van der Waals surface area contributed by atoms with Crippen molar-refractivity contribution in [2.75, 3.05) is 26.2 Å². The van der Waals surface area contributed by atoms with Crippen LogP contribution >= 0.6 is 0 Å². The molecule has 0 aromatic carbocycles. The van der Waals surface area contributed by atoms with Crippen LogP contribution < -0.4 is 11.1 Å². The maximum Gasteiger partial charge on any atom is 0.312 e. The number of hydrogen-bond donors (Lipinski definition) is 2. The normalized spacial score (nSPS) is 10.1. The van der Waals surface area contributed by atoms with E-state index in [1.54, 1.807) is 0 Å². The van der Waals surface area contributed by atoms with Gasteiger partial charge < -0.3 is 16.0 Å². The quantitative estimate of drug-likeness (QED) is 0.593. The monoisotopic (exact) mass is 159 g/mol. The van der Waals surface area contributed by atoms with Crippen LogP contribution in [0.2, 0.25) is 0 Å². The minimum absolute atomic E-state index is 0.447. The number of amides is 2. The standard InChI is InChI=1S/C7H17N3O/c1-3-10(4-2)6-5-9-7(8)11/h3-6H2,1-2H3,(H3,8,9,11). The summed E-state index contributed by atoms with van der Waals surface area (Å²) >= 11 is 0. The Balaban J connectivity index is 3.28. The van der Waals surface area contributed by atoms with Gasteiger partial charge in [-0.1, -0.05) is 13.8 Å². The van der Waals surface area contributed by atoms with Gasteiger partial charge in [0.05, 0.1) is 0 Å². The van der Waals surface area contributed by atoms with Crippen molar-refractivity contribution in [2.24, 2.45) is 5.73 Å². The first kappa shape index (κ1) is 10.2. The Kier molecular flexibility index (Phi) is 5.56. The molecule has 4 nitrogen and oxygen atoms in total. The van der Waals surface area contributed by atoms with Crippen LogP contribution in [0, 0.1) is 0 Å². The Morgan fingerprint density at radius 2 is 2.00 bits per heavy atom. The number of nitrogens with two attached hydrogens (primary N) is 1. The minimum atomic E-state index is -0.447. The Labute approximate surface area is 67.7 Å². The van der Waals surface area contributed by atoms with Crippen molar-refractivity contribution in [3.8, 4) is 0 Å². The zero-order chi connectivity index (χ0) is 8.69.